The minimum Gasteiger partial charge on any atom is -0.389 e. The minimum atomic E-state index is -0.796. The van der Waals surface area contributed by atoms with Gasteiger partial charge in [-0.3, -0.25) is 14.6 Å². The van der Waals surface area contributed by atoms with Crippen LogP contribution in [-0.2, 0) is 17.8 Å². The van der Waals surface area contributed by atoms with Crippen LogP contribution in [0.1, 0.15) is 36.1 Å². The Morgan fingerprint density at radius 3 is 2.85 bits per heavy atom. The zero-order valence-corrected chi connectivity index (χ0v) is 15.4. The van der Waals surface area contributed by atoms with E-state index in [1.54, 1.807) is 35.5 Å². The molecule has 2 aromatic rings. The molecule has 0 radical (unpaired) electrons. The molecule has 8 nitrogen and oxygen atoms in total. The first-order valence-corrected chi connectivity index (χ1v) is 9.26. The van der Waals surface area contributed by atoms with Crippen molar-refractivity contribution in [3.63, 3.8) is 0 Å². The van der Waals surface area contributed by atoms with Gasteiger partial charge in [0.05, 0.1) is 12.1 Å². The summed E-state index contributed by atoms with van der Waals surface area (Å²) in [7, 11) is 0. The number of rotatable bonds is 6. The van der Waals surface area contributed by atoms with E-state index in [2.05, 4.69) is 15.3 Å². The highest BCUT2D eigenvalue weighted by Gasteiger charge is 2.31. The average molecular weight is 371 g/mol. The first-order valence-electron chi connectivity index (χ1n) is 9.26. The average Bonchev–Trinajstić information content (AvgIpc) is 3.15. The fourth-order valence-corrected chi connectivity index (χ4v) is 3.30. The molecule has 27 heavy (non-hydrogen) atoms. The number of aliphatic hydroxyl groups excluding tert-OH is 1. The Balaban J connectivity index is 1.49. The molecule has 0 aromatic carbocycles. The van der Waals surface area contributed by atoms with Crippen molar-refractivity contribution in [3.8, 4) is 0 Å². The molecule has 0 unspecified atom stereocenters. The van der Waals surface area contributed by atoms with E-state index in [0.717, 1.165) is 12.2 Å². The highest BCUT2D eigenvalue weighted by molar-refractivity contribution is 5.92. The minimum absolute atomic E-state index is 0.000643. The quantitative estimate of drug-likeness (QED) is 0.775. The highest BCUT2D eigenvalue weighted by atomic mass is 16.3. The number of β-amino-alcohol motifs (C(OH)–C–C–N with tert-alkyl or cyclic N) is 1. The van der Waals surface area contributed by atoms with E-state index in [9.17, 15) is 14.7 Å². The Kier molecular flexibility index (Phi) is 6.18. The smallest absolute Gasteiger partial charge is 0.270 e. The van der Waals surface area contributed by atoms with Crippen molar-refractivity contribution in [1.82, 2.24) is 24.8 Å². The van der Waals surface area contributed by atoms with Gasteiger partial charge < -0.3 is 19.9 Å². The van der Waals surface area contributed by atoms with Gasteiger partial charge in [-0.25, -0.2) is 4.98 Å². The zero-order valence-electron chi connectivity index (χ0n) is 15.4. The van der Waals surface area contributed by atoms with Crippen LogP contribution in [0.3, 0.4) is 0 Å². The third-order valence-corrected chi connectivity index (χ3v) is 4.83. The number of aryl methyl sites for hydroxylation is 2. The molecule has 144 valence electrons. The summed E-state index contributed by atoms with van der Waals surface area (Å²) in [5.41, 5.74) is 0.315. The van der Waals surface area contributed by atoms with Crippen LogP contribution in [0.2, 0.25) is 0 Å². The van der Waals surface area contributed by atoms with Gasteiger partial charge in [-0.15, -0.1) is 0 Å². The van der Waals surface area contributed by atoms with Crippen LogP contribution in [0.15, 0.2) is 36.8 Å². The van der Waals surface area contributed by atoms with Gasteiger partial charge in [-0.05, 0) is 18.6 Å². The molecule has 0 saturated carbocycles. The van der Waals surface area contributed by atoms with E-state index >= 15 is 0 Å². The fourth-order valence-electron chi connectivity index (χ4n) is 3.30. The Morgan fingerprint density at radius 2 is 2.15 bits per heavy atom. The molecule has 1 aliphatic heterocycles. The van der Waals surface area contributed by atoms with E-state index in [1.165, 1.54) is 0 Å². The number of imidazole rings is 1. The molecule has 3 rings (SSSR count). The van der Waals surface area contributed by atoms with Crippen LogP contribution in [0.5, 0.6) is 0 Å². The van der Waals surface area contributed by atoms with Crippen molar-refractivity contribution in [1.29, 1.82) is 0 Å². The third-order valence-electron chi connectivity index (χ3n) is 4.83. The Labute approximate surface area is 158 Å². The number of aromatic nitrogens is 3. The van der Waals surface area contributed by atoms with E-state index < -0.39 is 6.10 Å². The SMILES string of the molecule is CCc1nccn1CCC(=O)N1CC[C@@H](NC(=O)c2ccccn2)[C@H](O)C1. The van der Waals surface area contributed by atoms with Crippen LogP contribution >= 0.6 is 0 Å². The van der Waals surface area contributed by atoms with Gasteiger partial charge in [-0.2, -0.15) is 0 Å². The number of pyridine rings is 1. The number of hydrogen-bond acceptors (Lipinski definition) is 5. The number of amides is 2. The first-order chi connectivity index (χ1) is 13.1. The van der Waals surface area contributed by atoms with Crippen molar-refractivity contribution in [2.75, 3.05) is 13.1 Å². The predicted molar refractivity (Wildman–Crippen MR) is 98.9 cm³/mol. The van der Waals surface area contributed by atoms with E-state index in [0.29, 0.717) is 31.6 Å². The number of nitrogens with one attached hydrogen (secondary N) is 1. The van der Waals surface area contributed by atoms with Crippen LogP contribution in [0.25, 0.3) is 0 Å². The number of likely N-dealkylation sites (tertiary alicyclic amines) is 1. The molecule has 1 saturated heterocycles. The molecular weight excluding hydrogens is 346 g/mol. The van der Waals surface area contributed by atoms with E-state index in [-0.39, 0.29) is 24.4 Å². The van der Waals surface area contributed by atoms with E-state index in [4.69, 9.17) is 0 Å². The summed E-state index contributed by atoms with van der Waals surface area (Å²) < 4.78 is 1.98. The van der Waals surface area contributed by atoms with Crippen LogP contribution < -0.4 is 5.32 Å². The van der Waals surface area contributed by atoms with Crippen molar-refractivity contribution in [3.05, 3.63) is 48.3 Å². The standard InChI is InChI=1S/C19H25N5O3/c1-2-17-21-9-12-23(17)11-7-18(26)24-10-6-14(16(25)13-24)22-19(27)15-5-3-4-8-20-15/h3-5,8-9,12,14,16,25H,2,6-7,10-11,13H2,1H3,(H,22,27)/t14-,16-/m1/s1. The Morgan fingerprint density at radius 1 is 1.30 bits per heavy atom. The summed E-state index contributed by atoms with van der Waals surface area (Å²) in [4.78, 5) is 34.6. The van der Waals surface area contributed by atoms with E-state index in [1.807, 2.05) is 17.7 Å². The van der Waals surface area contributed by atoms with Crippen LogP contribution in [0, 0.1) is 0 Å². The molecule has 1 fully saturated rings. The molecule has 2 amide bonds. The second kappa shape index (κ2) is 8.77. The second-order valence-electron chi connectivity index (χ2n) is 6.63. The lowest BCUT2D eigenvalue weighted by Crippen LogP contribution is -2.55. The summed E-state index contributed by atoms with van der Waals surface area (Å²) in [5.74, 6) is 0.643. The third kappa shape index (κ3) is 4.71. The highest BCUT2D eigenvalue weighted by Crippen LogP contribution is 2.14. The number of hydrogen-bond donors (Lipinski definition) is 2. The molecule has 2 aromatic heterocycles. The lowest BCUT2D eigenvalue weighted by Gasteiger charge is -2.36. The van der Waals surface area contributed by atoms with Gasteiger partial charge in [-0.1, -0.05) is 13.0 Å². The topological polar surface area (TPSA) is 100 Å². The largest absolute Gasteiger partial charge is 0.389 e. The molecule has 0 spiro atoms. The Hall–Kier alpha value is -2.74. The number of carbonyl (C=O) groups is 2. The summed E-state index contributed by atoms with van der Waals surface area (Å²) in [6.45, 7) is 3.33. The number of nitrogens with zero attached hydrogens (tertiary/aromatic N) is 4. The second-order valence-corrected chi connectivity index (χ2v) is 6.63. The summed E-state index contributed by atoms with van der Waals surface area (Å²) in [5, 5.41) is 13.2. The lowest BCUT2D eigenvalue weighted by atomic mass is 10.0. The number of piperidine rings is 1. The van der Waals surface area contributed by atoms with Gasteiger partial charge in [0.15, 0.2) is 0 Å². The normalized spacial score (nSPS) is 19.7. The zero-order chi connectivity index (χ0) is 19.2. The molecule has 0 aliphatic carbocycles. The molecular formula is C19H25N5O3. The number of carbonyl (C=O) groups excluding carboxylic acids is 2. The molecule has 8 heteroatoms. The summed E-state index contributed by atoms with van der Waals surface area (Å²) in [6, 6.07) is 4.72. The molecule has 0 bridgehead atoms. The number of aliphatic hydroxyl groups is 1. The summed E-state index contributed by atoms with van der Waals surface area (Å²) >= 11 is 0. The van der Waals surface area contributed by atoms with Crippen molar-refractivity contribution in [2.45, 2.75) is 44.9 Å². The maximum Gasteiger partial charge on any atom is 0.270 e. The fraction of sp³-hybridized carbons (Fsp3) is 0.474. The molecule has 3 heterocycles. The van der Waals surface area contributed by atoms with Gasteiger partial charge in [0.1, 0.15) is 11.5 Å². The van der Waals surface area contributed by atoms with Crippen molar-refractivity contribution < 1.29 is 14.7 Å². The Bertz CT molecular complexity index is 777. The monoisotopic (exact) mass is 371 g/mol. The van der Waals surface area contributed by atoms with Crippen LogP contribution in [-0.4, -0.2) is 61.6 Å². The van der Waals surface area contributed by atoms with Gasteiger partial charge in [0.25, 0.3) is 5.91 Å². The maximum absolute atomic E-state index is 12.5. The maximum atomic E-state index is 12.5. The first kappa shape index (κ1) is 19.0. The van der Waals surface area contributed by atoms with Gasteiger partial charge >= 0.3 is 0 Å². The summed E-state index contributed by atoms with van der Waals surface area (Å²) in [6.07, 6.45) is 6.06. The van der Waals surface area contributed by atoms with Gasteiger partial charge in [0.2, 0.25) is 5.91 Å². The lowest BCUT2D eigenvalue weighted by molar-refractivity contribution is -0.135. The predicted octanol–water partition coefficient (Wildman–Crippen LogP) is 0.622. The van der Waals surface area contributed by atoms with Crippen molar-refractivity contribution in [2.24, 2.45) is 0 Å². The molecule has 2 atom stereocenters. The van der Waals surface area contributed by atoms with Crippen LogP contribution in [0.4, 0.5) is 0 Å². The van der Waals surface area contributed by atoms with Crippen molar-refractivity contribution >= 4 is 11.8 Å². The van der Waals surface area contributed by atoms with Gasteiger partial charge in [0, 0.05) is 51.1 Å². The molecule has 1 aliphatic rings. The molecule has 2 N–H and O–H groups in total.